The van der Waals surface area contributed by atoms with E-state index in [1.165, 1.54) is 16.0 Å². The Morgan fingerprint density at radius 2 is 2.15 bits per heavy atom. The molecule has 4 heteroatoms. The van der Waals surface area contributed by atoms with Crippen molar-refractivity contribution in [3.63, 3.8) is 0 Å². The Balaban J connectivity index is 1.66. The second kappa shape index (κ2) is 6.20. The lowest BCUT2D eigenvalue weighted by Gasteiger charge is -2.13. The van der Waals surface area contributed by atoms with E-state index in [4.69, 9.17) is 10.5 Å². The average Bonchev–Trinajstić information content (AvgIpc) is 2.92. The van der Waals surface area contributed by atoms with Crippen LogP contribution in [0.2, 0.25) is 0 Å². The van der Waals surface area contributed by atoms with Gasteiger partial charge in [-0.1, -0.05) is 34.1 Å². The zero-order valence-electron chi connectivity index (χ0n) is 11.0. The van der Waals surface area contributed by atoms with Gasteiger partial charge in [-0.05, 0) is 35.4 Å². The minimum Gasteiger partial charge on any atom is -0.493 e. The van der Waals surface area contributed by atoms with Gasteiger partial charge in [-0.25, -0.2) is 0 Å². The van der Waals surface area contributed by atoms with Gasteiger partial charge in [0.1, 0.15) is 5.75 Å². The topological polar surface area (TPSA) is 35.2 Å². The lowest BCUT2D eigenvalue weighted by atomic mass is 10.0. The van der Waals surface area contributed by atoms with Crippen LogP contribution in [0.5, 0.6) is 5.75 Å². The first-order valence-electron chi connectivity index (χ1n) is 6.62. The van der Waals surface area contributed by atoms with Crippen molar-refractivity contribution in [1.82, 2.24) is 0 Å². The molecular weight excluding hydrogens is 334 g/mol. The summed E-state index contributed by atoms with van der Waals surface area (Å²) >= 11 is 5.27. The van der Waals surface area contributed by atoms with Gasteiger partial charge in [-0.2, -0.15) is 0 Å². The second-order valence-corrected chi connectivity index (χ2v) is 6.85. The highest BCUT2D eigenvalue weighted by Gasteiger charge is 2.15. The van der Waals surface area contributed by atoms with Crippen LogP contribution in [0.1, 0.15) is 17.2 Å². The minimum absolute atomic E-state index is 0.0462. The molecule has 1 aliphatic heterocycles. The number of thioether (sulfide) groups is 1. The Morgan fingerprint density at radius 3 is 3.00 bits per heavy atom. The van der Waals surface area contributed by atoms with E-state index in [1.807, 2.05) is 18.2 Å². The Morgan fingerprint density at radius 1 is 1.25 bits per heavy atom. The molecule has 0 amide bonds. The molecule has 2 aromatic carbocycles. The molecular formula is C16H16BrNOS. The number of ether oxygens (including phenoxy) is 1. The monoisotopic (exact) mass is 349 g/mol. The van der Waals surface area contributed by atoms with Crippen molar-refractivity contribution < 1.29 is 4.74 Å². The smallest absolute Gasteiger partial charge is 0.122 e. The minimum atomic E-state index is 0.0462. The van der Waals surface area contributed by atoms with E-state index in [0.717, 1.165) is 29.0 Å². The van der Waals surface area contributed by atoms with Crippen LogP contribution in [-0.2, 0) is 6.42 Å². The van der Waals surface area contributed by atoms with Gasteiger partial charge in [0.05, 0.1) is 6.61 Å². The largest absolute Gasteiger partial charge is 0.493 e. The van der Waals surface area contributed by atoms with Crippen LogP contribution >= 0.6 is 27.7 Å². The van der Waals surface area contributed by atoms with Crippen LogP contribution in [0.25, 0.3) is 0 Å². The first-order chi connectivity index (χ1) is 9.72. The molecule has 3 rings (SSSR count). The summed E-state index contributed by atoms with van der Waals surface area (Å²) in [5, 5.41) is 0. The fraction of sp³-hybridized carbons (Fsp3) is 0.250. The molecule has 2 aromatic rings. The van der Waals surface area contributed by atoms with E-state index in [-0.39, 0.29) is 6.04 Å². The van der Waals surface area contributed by atoms with Crippen molar-refractivity contribution in [3.8, 4) is 5.75 Å². The number of nitrogens with two attached hydrogens (primary N) is 1. The first-order valence-corrected chi connectivity index (χ1v) is 8.40. The third-order valence-corrected chi connectivity index (χ3v) is 4.97. The predicted octanol–water partition coefficient (Wildman–Crippen LogP) is 4.18. The summed E-state index contributed by atoms with van der Waals surface area (Å²) in [4.78, 5) is 1.24. The highest BCUT2D eigenvalue weighted by atomic mass is 79.9. The van der Waals surface area contributed by atoms with Gasteiger partial charge in [-0.15, -0.1) is 11.8 Å². The Kier molecular flexibility index (Phi) is 4.34. The lowest BCUT2D eigenvalue weighted by molar-refractivity contribution is 0.357. The van der Waals surface area contributed by atoms with Crippen molar-refractivity contribution in [2.24, 2.45) is 5.73 Å². The summed E-state index contributed by atoms with van der Waals surface area (Å²) in [7, 11) is 0. The third-order valence-electron chi connectivity index (χ3n) is 3.37. The third kappa shape index (κ3) is 3.19. The number of fused-ring (bicyclic) bond motifs is 1. The maximum atomic E-state index is 6.30. The highest BCUT2D eigenvalue weighted by Crippen LogP contribution is 2.30. The fourth-order valence-electron chi connectivity index (χ4n) is 2.28. The van der Waals surface area contributed by atoms with E-state index in [2.05, 4.69) is 40.2 Å². The molecule has 0 saturated carbocycles. The molecule has 2 N–H and O–H groups in total. The summed E-state index contributed by atoms with van der Waals surface area (Å²) < 4.78 is 6.63. The SMILES string of the molecule is NC(CSc1cccc(Br)c1)c1ccc2c(c1)CCO2. The van der Waals surface area contributed by atoms with Crippen molar-refractivity contribution in [2.75, 3.05) is 12.4 Å². The van der Waals surface area contributed by atoms with Gasteiger partial charge >= 0.3 is 0 Å². The first kappa shape index (κ1) is 14.0. The molecule has 2 nitrogen and oxygen atoms in total. The van der Waals surface area contributed by atoms with Crippen LogP contribution in [0.15, 0.2) is 51.8 Å². The van der Waals surface area contributed by atoms with Gasteiger partial charge in [0.15, 0.2) is 0 Å². The number of hydrogen-bond donors (Lipinski definition) is 1. The molecule has 0 saturated heterocycles. The van der Waals surface area contributed by atoms with Crippen LogP contribution in [0.3, 0.4) is 0 Å². The Hall–Kier alpha value is -0.970. The molecule has 0 aliphatic carbocycles. The van der Waals surface area contributed by atoms with Crippen LogP contribution in [0.4, 0.5) is 0 Å². The van der Waals surface area contributed by atoms with Crippen molar-refractivity contribution in [3.05, 3.63) is 58.1 Å². The highest BCUT2D eigenvalue weighted by molar-refractivity contribution is 9.10. The fourth-order valence-corrected chi connectivity index (χ4v) is 3.78. The van der Waals surface area contributed by atoms with Crippen LogP contribution in [-0.4, -0.2) is 12.4 Å². The van der Waals surface area contributed by atoms with Gasteiger partial charge in [0, 0.05) is 27.6 Å². The molecule has 0 aromatic heterocycles. The summed E-state index contributed by atoms with van der Waals surface area (Å²) in [6.45, 7) is 0.792. The maximum absolute atomic E-state index is 6.30. The summed E-state index contributed by atoms with van der Waals surface area (Å²) in [6.07, 6.45) is 0.995. The Bertz CT molecular complexity index is 617. The number of benzene rings is 2. The molecule has 20 heavy (non-hydrogen) atoms. The van der Waals surface area contributed by atoms with Gasteiger partial charge in [0.2, 0.25) is 0 Å². The van der Waals surface area contributed by atoms with E-state index in [1.54, 1.807) is 11.8 Å². The number of halogens is 1. The molecule has 0 fully saturated rings. The zero-order chi connectivity index (χ0) is 13.9. The molecule has 0 bridgehead atoms. The molecule has 104 valence electrons. The molecule has 1 aliphatic rings. The molecule has 1 unspecified atom stereocenters. The van der Waals surface area contributed by atoms with E-state index in [9.17, 15) is 0 Å². The van der Waals surface area contributed by atoms with Crippen molar-refractivity contribution in [1.29, 1.82) is 0 Å². The van der Waals surface area contributed by atoms with Gasteiger partial charge < -0.3 is 10.5 Å². The van der Waals surface area contributed by atoms with Crippen LogP contribution < -0.4 is 10.5 Å². The quantitative estimate of drug-likeness (QED) is 0.841. The van der Waals surface area contributed by atoms with Crippen LogP contribution in [0, 0.1) is 0 Å². The maximum Gasteiger partial charge on any atom is 0.122 e. The van der Waals surface area contributed by atoms with E-state index >= 15 is 0 Å². The molecule has 0 radical (unpaired) electrons. The van der Waals surface area contributed by atoms with Gasteiger partial charge in [0.25, 0.3) is 0 Å². The Labute approximate surface area is 131 Å². The van der Waals surface area contributed by atoms with Gasteiger partial charge in [-0.3, -0.25) is 0 Å². The predicted molar refractivity (Wildman–Crippen MR) is 87.4 cm³/mol. The number of rotatable bonds is 4. The molecule has 1 atom stereocenters. The average molecular weight is 350 g/mol. The normalized spacial score (nSPS) is 14.7. The lowest BCUT2D eigenvalue weighted by Crippen LogP contribution is -2.13. The number of hydrogen-bond acceptors (Lipinski definition) is 3. The summed E-state index contributed by atoms with van der Waals surface area (Å²) in [5.41, 5.74) is 8.78. The summed E-state index contributed by atoms with van der Waals surface area (Å²) in [6, 6.07) is 14.7. The summed E-state index contributed by atoms with van der Waals surface area (Å²) in [5.74, 6) is 1.89. The van der Waals surface area contributed by atoms with Crippen molar-refractivity contribution in [2.45, 2.75) is 17.4 Å². The van der Waals surface area contributed by atoms with Crippen molar-refractivity contribution >= 4 is 27.7 Å². The van der Waals surface area contributed by atoms with E-state index < -0.39 is 0 Å². The van der Waals surface area contributed by atoms with E-state index in [0.29, 0.717) is 0 Å². The standard InChI is InChI=1S/C16H16BrNOS/c17-13-2-1-3-14(9-13)20-10-15(18)11-4-5-16-12(8-11)6-7-19-16/h1-5,8-9,15H,6-7,10,18H2. The zero-order valence-corrected chi connectivity index (χ0v) is 13.4. The molecule has 1 heterocycles. The second-order valence-electron chi connectivity index (χ2n) is 4.84. The molecule has 0 spiro atoms.